The molecule has 0 amide bonds. The van der Waals surface area contributed by atoms with Crippen LogP contribution in [0.25, 0.3) is 0 Å². The Morgan fingerprint density at radius 3 is 2.81 bits per heavy atom. The van der Waals surface area contributed by atoms with Crippen LogP contribution in [0.2, 0.25) is 0 Å². The standard InChI is InChI=1S/C15H17BrN2O3/c1-3-20-13-9-11(10-19)8-12(16)15(13)21-7-4-14-17-5-6-18(14)2/h5-6,8-10H,3-4,7H2,1-2H3. The van der Waals surface area contributed by atoms with E-state index in [-0.39, 0.29) is 0 Å². The number of aromatic nitrogens is 2. The van der Waals surface area contributed by atoms with E-state index in [2.05, 4.69) is 20.9 Å². The van der Waals surface area contributed by atoms with Gasteiger partial charge >= 0.3 is 0 Å². The van der Waals surface area contributed by atoms with Crippen molar-refractivity contribution in [1.82, 2.24) is 9.55 Å². The fourth-order valence-corrected chi connectivity index (χ4v) is 2.51. The van der Waals surface area contributed by atoms with Crippen molar-refractivity contribution in [3.8, 4) is 11.5 Å². The molecule has 5 nitrogen and oxygen atoms in total. The maximum Gasteiger partial charge on any atom is 0.175 e. The number of halogens is 1. The van der Waals surface area contributed by atoms with Crippen LogP contribution in [0.1, 0.15) is 23.1 Å². The molecule has 0 atom stereocenters. The first-order chi connectivity index (χ1) is 10.2. The highest BCUT2D eigenvalue weighted by molar-refractivity contribution is 9.10. The number of rotatable bonds is 7. The normalized spacial score (nSPS) is 10.4. The van der Waals surface area contributed by atoms with Gasteiger partial charge in [-0.2, -0.15) is 0 Å². The summed E-state index contributed by atoms with van der Waals surface area (Å²) >= 11 is 3.42. The molecule has 0 fully saturated rings. The van der Waals surface area contributed by atoms with Crippen LogP contribution < -0.4 is 9.47 Å². The summed E-state index contributed by atoms with van der Waals surface area (Å²) in [5.41, 5.74) is 0.543. The van der Waals surface area contributed by atoms with Gasteiger partial charge < -0.3 is 14.0 Å². The SMILES string of the molecule is CCOc1cc(C=O)cc(Br)c1OCCc1nccn1C. The van der Waals surface area contributed by atoms with Crippen LogP contribution in [-0.2, 0) is 13.5 Å². The van der Waals surface area contributed by atoms with Crippen molar-refractivity contribution < 1.29 is 14.3 Å². The number of carbonyl (C=O) groups excluding carboxylic acids is 1. The predicted molar refractivity (Wildman–Crippen MR) is 83.1 cm³/mol. The van der Waals surface area contributed by atoms with Crippen molar-refractivity contribution in [2.75, 3.05) is 13.2 Å². The van der Waals surface area contributed by atoms with Crippen molar-refractivity contribution in [3.05, 3.63) is 40.4 Å². The molecule has 0 aliphatic heterocycles. The van der Waals surface area contributed by atoms with Crippen LogP contribution in [0.5, 0.6) is 11.5 Å². The fraction of sp³-hybridized carbons (Fsp3) is 0.333. The molecule has 0 N–H and O–H groups in total. The third-order valence-corrected chi connectivity index (χ3v) is 3.55. The second-order valence-electron chi connectivity index (χ2n) is 4.43. The first-order valence-electron chi connectivity index (χ1n) is 6.66. The summed E-state index contributed by atoms with van der Waals surface area (Å²) in [6, 6.07) is 3.39. The Labute approximate surface area is 132 Å². The lowest BCUT2D eigenvalue weighted by Gasteiger charge is -2.14. The van der Waals surface area contributed by atoms with Gasteiger partial charge in [-0.3, -0.25) is 4.79 Å². The molecule has 1 aromatic heterocycles. The minimum Gasteiger partial charge on any atom is -0.490 e. The van der Waals surface area contributed by atoms with E-state index in [4.69, 9.17) is 9.47 Å². The van der Waals surface area contributed by atoms with Gasteiger partial charge in [0.05, 0.1) is 17.7 Å². The summed E-state index contributed by atoms with van der Waals surface area (Å²) in [7, 11) is 1.95. The molecule has 0 aliphatic carbocycles. The van der Waals surface area contributed by atoms with Crippen LogP contribution in [0.3, 0.4) is 0 Å². The minimum absolute atomic E-state index is 0.476. The first kappa shape index (κ1) is 15.6. The van der Waals surface area contributed by atoms with Crippen LogP contribution in [-0.4, -0.2) is 29.1 Å². The van der Waals surface area contributed by atoms with Gasteiger partial charge in [0.2, 0.25) is 0 Å². The first-order valence-corrected chi connectivity index (χ1v) is 7.45. The molecule has 0 saturated carbocycles. The van der Waals surface area contributed by atoms with Crippen molar-refractivity contribution in [1.29, 1.82) is 0 Å². The molecule has 0 unspecified atom stereocenters. The summed E-state index contributed by atoms with van der Waals surface area (Å²) in [6.07, 6.45) is 5.13. The Bertz CT molecular complexity index is 625. The predicted octanol–water partition coefficient (Wildman–Crippen LogP) is 3.02. The number of aldehydes is 1. The molecule has 0 radical (unpaired) electrons. The topological polar surface area (TPSA) is 53.4 Å². The average Bonchev–Trinajstić information content (AvgIpc) is 2.87. The Hall–Kier alpha value is -1.82. The largest absolute Gasteiger partial charge is 0.490 e. The van der Waals surface area contributed by atoms with E-state index in [1.807, 2.05) is 24.7 Å². The number of aryl methyl sites for hydroxylation is 1. The molecule has 112 valence electrons. The minimum atomic E-state index is 0.476. The lowest BCUT2D eigenvalue weighted by molar-refractivity contribution is 0.112. The molecule has 1 aromatic carbocycles. The van der Waals surface area contributed by atoms with E-state index in [1.54, 1.807) is 18.3 Å². The van der Waals surface area contributed by atoms with E-state index < -0.39 is 0 Å². The van der Waals surface area contributed by atoms with Gasteiger partial charge in [-0.05, 0) is 35.0 Å². The fourth-order valence-electron chi connectivity index (χ4n) is 1.94. The lowest BCUT2D eigenvalue weighted by atomic mass is 10.2. The van der Waals surface area contributed by atoms with Crippen LogP contribution in [0.4, 0.5) is 0 Å². The van der Waals surface area contributed by atoms with Gasteiger partial charge in [-0.15, -0.1) is 0 Å². The smallest absolute Gasteiger partial charge is 0.175 e. The quantitative estimate of drug-likeness (QED) is 0.718. The van der Waals surface area contributed by atoms with Crippen molar-refractivity contribution in [2.24, 2.45) is 7.05 Å². The molecule has 2 aromatic rings. The highest BCUT2D eigenvalue weighted by Gasteiger charge is 2.12. The Morgan fingerprint density at radius 1 is 1.38 bits per heavy atom. The Balaban J connectivity index is 2.11. The van der Waals surface area contributed by atoms with Crippen LogP contribution in [0, 0.1) is 0 Å². The van der Waals surface area contributed by atoms with Gasteiger partial charge in [-0.1, -0.05) is 0 Å². The van der Waals surface area contributed by atoms with Gasteiger partial charge in [0.25, 0.3) is 0 Å². The zero-order valence-corrected chi connectivity index (χ0v) is 13.6. The zero-order valence-electron chi connectivity index (χ0n) is 12.0. The van der Waals surface area contributed by atoms with E-state index in [0.717, 1.165) is 12.1 Å². The number of nitrogens with zero attached hydrogens (tertiary/aromatic N) is 2. The summed E-state index contributed by atoms with van der Waals surface area (Å²) in [4.78, 5) is 15.2. The van der Waals surface area contributed by atoms with Gasteiger partial charge in [-0.25, -0.2) is 4.98 Å². The molecule has 2 rings (SSSR count). The maximum atomic E-state index is 10.9. The lowest BCUT2D eigenvalue weighted by Crippen LogP contribution is -2.08. The van der Waals surface area contributed by atoms with E-state index in [9.17, 15) is 4.79 Å². The molecule has 1 heterocycles. The highest BCUT2D eigenvalue weighted by Crippen LogP contribution is 2.36. The number of ether oxygens (including phenoxy) is 2. The zero-order chi connectivity index (χ0) is 15.2. The van der Waals surface area contributed by atoms with Gasteiger partial charge in [0.15, 0.2) is 11.5 Å². The second kappa shape index (κ2) is 7.26. The van der Waals surface area contributed by atoms with Crippen molar-refractivity contribution in [2.45, 2.75) is 13.3 Å². The molecular weight excluding hydrogens is 336 g/mol. The molecule has 0 saturated heterocycles. The van der Waals surface area contributed by atoms with Crippen molar-refractivity contribution >= 4 is 22.2 Å². The third kappa shape index (κ3) is 3.85. The maximum absolute atomic E-state index is 10.9. The average molecular weight is 353 g/mol. The number of hydrogen-bond acceptors (Lipinski definition) is 4. The summed E-state index contributed by atoms with van der Waals surface area (Å²) in [5, 5.41) is 0. The number of imidazole rings is 1. The Kier molecular flexibility index (Phi) is 5.38. The molecule has 21 heavy (non-hydrogen) atoms. The number of carbonyl (C=O) groups is 1. The summed E-state index contributed by atoms with van der Waals surface area (Å²) in [6.45, 7) is 2.87. The second-order valence-corrected chi connectivity index (χ2v) is 5.29. The molecule has 0 bridgehead atoms. The molecule has 6 heteroatoms. The van der Waals surface area contributed by atoms with Crippen molar-refractivity contribution in [3.63, 3.8) is 0 Å². The number of benzene rings is 1. The summed E-state index contributed by atoms with van der Waals surface area (Å²) < 4.78 is 14.0. The highest BCUT2D eigenvalue weighted by atomic mass is 79.9. The molecule has 0 spiro atoms. The van der Waals surface area contributed by atoms with Gasteiger partial charge in [0.1, 0.15) is 12.1 Å². The Morgan fingerprint density at radius 2 is 2.19 bits per heavy atom. The summed E-state index contributed by atoms with van der Waals surface area (Å²) in [5.74, 6) is 2.12. The van der Waals surface area contributed by atoms with E-state index >= 15 is 0 Å². The molecular formula is C15H17BrN2O3. The van der Waals surface area contributed by atoms with E-state index in [1.165, 1.54) is 0 Å². The van der Waals surface area contributed by atoms with Gasteiger partial charge in [0, 0.05) is 31.4 Å². The molecule has 0 aliphatic rings. The van der Waals surface area contributed by atoms with Crippen LogP contribution >= 0.6 is 15.9 Å². The number of hydrogen-bond donors (Lipinski definition) is 0. The third-order valence-electron chi connectivity index (χ3n) is 2.96. The monoisotopic (exact) mass is 352 g/mol. The van der Waals surface area contributed by atoms with Crippen LogP contribution in [0.15, 0.2) is 29.0 Å². The van der Waals surface area contributed by atoms with E-state index in [0.29, 0.717) is 41.2 Å².